The third-order valence-electron chi connectivity index (χ3n) is 2.47. The summed E-state index contributed by atoms with van der Waals surface area (Å²) in [6.07, 6.45) is 8.65. The molecule has 0 saturated heterocycles. The normalized spacial score (nSPS) is 24.1. The van der Waals surface area contributed by atoms with Crippen LogP contribution in [0.5, 0.6) is 0 Å². The SMILES string of the molecule is C=CC(N)C1CCCCC1. The van der Waals surface area contributed by atoms with Crippen molar-refractivity contribution in [2.45, 2.75) is 38.1 Å². The molecule has 0 aromatic carbocycles. The highest BCUT2D eigenvalue weighted by atomic mass is 14.6. The van der Waals surface area contributed by atoms with Crippen molar-refractivity contribution in [3.8, 4) is 0 Å². The molecule has 0 aromatic heterocycles. The second-order valence-corrected chi connectivity index (χ2v) is 3.21. The third-order valence-corrected chi connectivity index (χ3v) is 2.47. The molecule has 1 aliphatic rings. The van der Waals surface area contributed by atoms with E-state index in [-0.39, 0.29) is 6.04 Å². The molecule has 1 rings (SSSR count). The molecule has 10 heavy (non-hydrogen) atoms. The van der Waals surface area contributed by atoms with Gasteiger partial charge < -0.3 is 5.73 Å². The quantitative estimate of drug-likeness (QED) is 0.582. The summed E-state index contributed by atoms with van der Waals surface area (Å²) in [5.74, 6) is 0.728. The third kappa shape index (κ3) is 1.84. The number of rotatable bonds is 2. The largest absolute Gasteiger partial charge is 0.324 e. The fourth-order valence-electron chi connectivity index (χ4n) is 1.71. The predicted octanol–water partition coefficient (Wildman–Crippen LogP) is 2.08. The molecular formula is C9H17N. The summed E-state index contributed by atoms with van der Waals surface area (Å²) in [5, 5.41) is 0. The molecular weight excluding hydrogens is 122 g/mol. The van der Waals surface area contributed by atoms with Crippen molar-refractivity contribution in [2.24, 2.45) is 11.7 Å². The Kier molecular flexibility index (Phi) is 2.94. The van der Waals surface area contributed by atoms with E-state index in [1.807, 2.05) is 6.08 Å². The Balaban J connectivity index is 2.30. The van der Waals surface area contributed by atoms with Gasteiger partial charge in [-0.1, -0.05) is 25.3 Å². The van der Waals surface area contributed by atoms with E-state index in [2.05, 4.69) is 6.58 Å². The van der Waals surface area contributed by atoms with Gasteiger partial charge in [0.15, 0.2) is 0 Å². The van der Waals surface area contributed by atoms with Crippen LogP contribution < -0.4 is 5.73 Å². The second kappa shape index (κ2) is 3.77. The molecule has 0 amide bonds. The molecule has 0 bridgehead atoms. The van der Waals surface area contributed by atoms with Gasteiger partial charge in [-0.3, -0.25) is 0 Å². The van der Waals surface area contributed by atoms with E-state index in [1.54, 1.807) is 0 Å². The van der Waals surface area contributed by atoms with Gasteiger partial charge >= 0.3 is 0 Å². The number of hydrogen-bond donors (Lipinski definition) is 1. The highest BCUT2D eigenvalue weighted by Crippen LogP contribution is 2.25. The summed E-state index contributed by atoms with van der Waals surface area (Å²) >= 11 is 0. The van der Waals surface area contributed by atoms with E-state index in [4.69, 9.17) is 5.73 Å². The summed E-state index contributed by atoms with van der Waals surface area (Å²) in [4.78, 5) is 0. The monoisotopic (exact) mass is 139 g/mol. The molecule has 0 aliphatic heterocycles. The zero-order chi connectivity index (χ0) is 7.40. The molecule has 0 radical (unpaired) electrons. The summed E-state index contributed by atoms with van der Waals surface area (Å²) in [5.41, 5.74) is 5.83. The Hall–Kier alpha value is -0.300. The van der Waals surface area contributed by atoms with Crippen LogP contribution in [0.3, 0.4) is 0 Å². The van der Waals surface area contributed by atoms with Crippen LogP contribution in [0.4, 0.5) is 0 Å². The topological polar surface area (TPSA) is 26.0 Å². The van der Waals surface area contributed by atoms with E-state index >= 15 is 0 Å². The zero-order valence-corrected chi connectivity index (χ0v) is 6.55. The Bertz CT molecular complexity index is 103. The van der Waals surface area contributed by atoms with E-state index in [9.17, 15) is 0 Å². The molecule has 1 unspecified atom stereocenters. The van der Waals surface area contributed by atoms with Crippen LogP contribution in [0.1, 0.15) is 32.1 Å². The van der Waals surface area contributed by atoms with E-state index in [0.29, 0.717) is 0 Å². The first-order valence-electron chi connectivity index (χ1n) is 4.22. The number of nitrogens with two attached hydrogens (primary N) is 1. The zero-order valence-electron chi connectivity index (χ0n) is 6.55. The minimum atomic E-state index is 0.250. The first-order valence-corrected chi connectivity index (χ1v) is 4.22. The van der Waals surface area contributed by atoms with Gasteiger partial charge in [0.05, 0.1) is 0 Å². The van der Waals surface area contributed by atoms with Crippen molar-refractivity contribution in [1.82, 2.24) is 0 Å². The van der Waals surface area contributed by atoms with Crippen molar-refractivity contribution in [2.75, 3.05) is 0 Å². The lowest BCUT2D eigenvalue weighted by molar-refractivity contribution is 0.332. The van der Waals surface area contributed by atoms with Crippen molar-refractivity contribution in [1.29, 1.82) is 0 Å². The number of hydrogen-bond acceptors (Lipinski definition) is 1. The molecule has 0 spiro atoms. The van der Waals surface area contributed by atoms with E-state index in [0.717, 1.165) is 5.92 Å². The summed E-state index contributed by atoms with van der Waals surface area (Å²) in [6.45, 7) is 3.71. The van der Waals surface area contributed by atoms with Crippen LogP contribution in [0.2, 0.25) is 0 Å². The van der Waals surface area contributed by atoms with Crippen LogP contribution in [0.15, 0.2) is 12.7 Å². The average molecular weight is 139 g/mol. The maximum atomic E-state index is 5.83. The van der Waals surface area contributed by atoms with Gasteiger partial charge in [0.1, 0.15) is 0 Å². The molecule has 0 heterocycles. The first kappa shape index (κ1) is 7.80. The van der Waals surface area contributed by atoms with Crippen molar-refractivity contribution < 1.29 is 0 Å². The standard InChI is InChI=1S/C9H17N/c1-2-9(10)8-6-4-3-5-7-8/h2,8-9H,1,3-7,10H2. The highest BCUT2D eigenvalue weighted by Gasteiger charge is 2.17. The predicted molar refractivity (Wildman–Crippen MR) is 44.7 cm³/mol. The Morgan fingerprint density at radius 3 is 2.40 bits per heavy atom. The molecule has 1 saturated carbocycles. The molecule has 58 valence electrons. The van der Waals surface area contributed by atoms with Crippen LogP contribution in [-0.2, 0) is 0 Å². The van der Waals surface area contributed by atoms with Crippen LogP contribution in [0.25, 0.3) is 0 Å². The maximum Gasteiger partial charge on any atom is 0.0249 e. The van der Waals surface area contributed by atoms with Crippen LogP contribution >= 0.6 is 0 Å². The molecule has 2 N–H and O–H groups in total. The highest BCUT2D eigenvalue weighted by molar-refractivity contribution is 4.89. The minimum absolute atomic E-state index is 0.250. The fraction of sp³-hybridized carbons (Fsp3) is 0.778. The maximum absolute atomic E-state index is 5.83. The lowest BCUT2D eigenvalue weighted by Gasteiger charge is -2.24. The van der Waals surface area contributed by atoms with Gasteiger partial charge in [0, 0.05) is 6.04 Å². The molecule has 1 atom stereocenters. The van der Waals surface area contributed by atoms with Gasteiger partial charge in [-0.2, -0.15) is 0 Å². The van der Waals surface area contributed by atoms with Gasteiger partial charge in [-0.05, 0) is 18.8 Å². The lowest BCUT2D eigenvalue weighted by atomic mass is 9.84. The minimum Gasteiger partial charge on any atom is -0.324 e. The fourth-order valence-corrected chi connectivity index (χ4v) is 1.71. The Labute approximate surface area is 63.3 Å². The smallest absolute Gasteiger partial charge is 0.0249 e. The van der Waals surface area contributed by atoms with Crippen molar-refractivity contribution in [3.05, 3.63) is 12.7 Å². The summed E-state index contributed by atoms with van der Waals surface area (Å²) in [6, 6.07) is 0.250. The van der Waals surface area contributed by atoms with Gasteiger partial charge in [0.25, 0.3) is 0 Å². The van der Waals surface area contributed by atoms with Gasteiger partial charge in [-0.15, -0.1) is 6.58 Å². The molecule has 1 heteroatoms. The van der Waals surface area contributed by atoms with Crippen LogP contribution in [0, 0.1) is 5.92 Å². The Morgan fingerprint density at radius 2 is 1.90 bits per heavy atom. The van der Waals surface area contributed by atoms with E-state index < -0.39 is 0 Å². The van der Waals surface area contributed by atoms with Crippen molar-refractivity contribution in [3.63, 3.8) is 0 Å². The van der Waals surface area contributed by atoms with Gasteiger partial charge in [-0.25, -0.2) is 0 Å². The van der Waals surface area contributed by atoms with Crippen molar-refractivity contribution >= 4 is 0 Å². The molecule has 1 fully saturated rings. The summed E-state index contributed by atoms with van der Waals surface area (Å²) in [7, 11) is 0. The van der Waals surface area contributed by atoms with E-state index in [1.165, 1.54) is 32.1 Å². The molecule has 0 aromatic rings. The first-order chi connectivity index (χ1) is 4.84. The van der Waals surface area contributed by atoms with Crippen LogP contribution in [-0.4, -0.2) is 6.04 Å². The Morgan fingerprint density at radius 1 is 1.30 bits per heavy atom. The average Bonchev–Trinajstić information content (AvgIpc) is 2.05. The molecule has 1 aliphatic carbocycles. The lowest BCUT2D eigenvalue weighted by Crippen LogP contribution is -2.29. The summed E-state index contributed by atoms with van der Waals surface area (Å²) < 4.78 is 0. The molecule has 1 nitrogen and oxygen atoms in total. The second-order valence-electron chi connectivity index (χ2n) is 3.21. The van der Waals surface area contributed by atoms with Gasteiger partial charge in [0.2, 0.25) is 0 Å².